The van der Waals surface area contributed by atoms with Gasteiger partial charge in [0.05, 0.1) is 6.54 Å². The summed E-state index contributed by atoms with van der Waals surface area (Å²) < 4.78 is 0. The SMILES string of the molecule is CN1CCC(CCN2CCC(=O)NCC2=O)CC1. The summed E-state index contributed by atoms with van der Waals surface area (Å²) in [5.74, 6) is 0.792. The van der Waals surface area contributed by atoms with Crippen molar-refractivity contribution in [1.82, 2.24) is 15.1 Å². The minimum atomic E-state index is -0.00913. The minimum absolute atomic E-state index is 0.00913. The molecule has 0 saturated carbocycles. The number of hydrogen-bond acceptors (Lipinski definition) is 3. The van der Waals surface area contributed by atoms with Crippen LogP contribution < -0.4 is 5.32 Å². The Balaban J connectivity index is 1.75. The molecule has 0 radical (unpaired) electrons. The molecule has 0 aromatic heterocycles. The van der Waals surface area contributed by atoms with Gasteiger partial charge in [0, 0.05) is 19.5 Å². The Kier molecular flexibility index (Phi) is 4.58. The van der Waals surface area contributed by atoms with Crippen molar-refractivity contribution in [3.63, 3.8) is 0 Å². The first-order chi connectivity index (χ1) is 8.65. The van der Waals surface area contributed by atoms with Crippen molar-refractivity contribution in [1.29, 1.82) is 0 Å². The fourth-order valence-electron chi connectivity index (χ4n) is 2.66. The lowest BCUT2D eigenvalue weighted by molar-refractivity contribution is -0.130. The van der Waals surface area contributed by atoms with Crippen LogP contribution in [0.5, 0.6) is 0 Å². The fraction of sp³-hybridized carbons (Fsp3) is 0.846. The molecule has 5 heteroatoms. The number of likely N-dealkylation sites (tertiary alicyclic amines) is 1. The zero-order valence-corrected chi connectivity index (χ0v) is 11.2. The van der Waals surface area contributed by atoms with Crippen molar-refractivity contribution in [3.05, 3.63) is 0 Å². The van der Waals surface area contributed by atoms with Crippen LogP contribution in [0, 0.1) is 5.92 Å². The molecule has 2 heterocycles. The molecule has 0 aliphatic carbocycles. The lowest BCUT2D eigenvalue weighted by Gasteiger charge is -2.30. The lowest BCUT2D eigenvalue weighted by atomic mass is 9.93. The molecule has 0 unspecified atom stereocenters. The van der Waals surface area contributed by atoms with E-state index in [1.807, 2.05) is 4.90 Å². The summed E-state index contributed by atoms with van der Waals surface area (Å²) in [5.41, 5.74) is 0. The highest BCUT2D eigenvalue weighted by molar-refractivity contribution is 5.87. The summed E-state index contributed by atoms with van der Waals surface area (Å²) in [6, 6.07) is 0. The molecule has 2 saturated heterocycles. The van der Waals surface area contributed by atoms with Crippen LogP contribution >= 0.6 is 0 Å². The van der Waals surface area contributed by atoms with E-state index in [0.29, 0.717) is 13.0 Å². The van der Waals surface area contributed by atoms with Crippen LogP contribution in [0.25, 0.3) is 0 Å². The molecule has 18 heavy (non-hydrogen) atoms. The molecule has 2 fully saturated rings. The second-order valence-corrected chi connectivity index (χ2v) is 5.44. The maximum absolute atomic E-state index is 11.8. The Bertz CT molecular complexity index is 311. The second-order valence-electron chi connectivity index (χ2n) is 5.44. The first-order valence-electron chi connectivity index (χ1n) is 6.88. The van der Waals surface area contributed by atoms with Crippen molar-refractivity contribution in [2.75, 3.05) is 39.8 Å². The Morgan fingerprint density at radius 2 is 1.94 bits per heavy atom. The fourth-order valence-corrected chi connectivity index (χ4v) is 2.66. The number of carbonyl (C=O) groups is 2. The number of carbonyl (C=O) groups excluding carboxylic acids is 2. The number of amides is 2. The third-order valence-corrected chi connectivity index (χ3v) is 4.04. The predicted molar refractivity (Wildman–Crippen MR) is 69.0 cm³/mol. The van der Waals surface area contributed by atoms with Gasteiger partial charge in [0.2, 0.25) is 11.8 Å². The molecule has 0 spiro atoms. The monoisotopic (exact) mass is 253 g/mol. The van der Waals surface area contributed by atoms with Crippen molar-refractivity contribution < 1.29 is 9.59 Å². The van der Waals surface area contributed by atoms with Crippen LogP contribution in [0.2, 0.25) is 0 Å². The van der Waals surface area contributed by atoms with E-state index in [1.54, 1.807) is 0 Å². The van der Waals surface area contributed by atoms with Gasteiger partial charge in [-0.15, -0.1) is 0 Å². The summed E-state index contributed by atoms with van der Waals surface area (Å²) >= 11 is 0. The molecular weight excluding hydrogens is 230 g/mol. The molecule has 0 aromatic rings. The molecule has 2 rings (SSSR count). The first kappa shape index (κ1) is 13.3. The number of hydrogen-bond donors (Lipinski definition) is 1. The van der Waals surface area contributed by atoms with Gasteiger partial charge in [0.25, 0.3) is 0 Å². The van der Waals surface area contributed by atoms with Crippen molar-refractivity contribution in [2.45, 2.75) is 25.7 Å². The Hall–Kier alpha value is -1.10. The molecule has 0 bridgehead atoms. The molecule has 5 nitrogen and oxygen atoms in total. The van der Waals surface area contributed by atoms with E-state index in [-0.39, 0.29) is 18.4 Å². The van der Waals surface area contributed by atoms with Crippen molar-refractivity contribution in [3.8, 4) is 0 Å². The van der Waals surface area contributed by atoms with E-state index in [1.165, 1.54) is 25.9 Å². The molecule has 0 aromatic carbocycles. The van der Waals surface area contributed by atoms with Crippen molar-refractivity contribution >= 4 is 11.8 Å². The summed E-state index contributed by atoms with van der Waals surface area (Å²) in [7, 11) is 2.16. The third kappa shape index (κ3) is 3.70. The molecule has 102 valence electrons. The zero-order valence-electron chi connectivity index (χ0n) is 11.2. The number of piperidine rings is 1. The minimum Gasteiger partial charge on any atom is -0.347 e. The highest BCUT2D eigenvalue weighted by Crippen LogP contribution is 2.20. The highest BCUT2D eigenvalue weighted by Gasteiger charge is 2.22. The molecule has 2 aliphatic rings. The Morgan fingerprint density at radius 3 is 2.67 bits per heavy atom. The highest BCUT2D eigenvalue weighted by atomic mass is 16.2. The average molecular weight is 253 g/mol. The van der Waals surface area contributed by atoms with Gasteiger partial charge in [-0.25, -0.2) is 0 Å². The van der Waals surface area contributed by atoms with Crippen LogP contribution in [0.3, 0.4) is 0 Å². The molecule has 2 amide bonds. The quantitative estimate of drug-likeness (QED) is 0.774. The Labute approximate surface area is 108 Å². The van der Waals surface area contributed by atoms with E-state index in [9.17, 15) is 9.59 Å². The van der Waals surface area contributed by atoms with E-state index >= 15 is 0 Å². The second kappa shape index (κ2) is 6.18. The van der Waals surface area contributed by atoms with Gasteiger partial charge < -0.3 is 15.1 Å². The van der Waals surface area contributed by atoms with Crippen molar-refractivity contribution in [2.24, 2.45) is 5.92 Å². The van der Waals surface area contributed by atoms with Crippen LogP contribution in [0.4, 0.5) is 0 Å². The van der Waals surface area contributed by atoms with Gasteiger partial charge in [-0.3, -0.25) is 9.59 Å². The standard InChI is InChI=1S/C13H23N3O2/c1-15-6-2-11(3-7-15)4-8-16-9-5-12(17)14-10-13(16)18/h11H,2-10H2,1H3,(H,14,17). The van der Waals surface area contributed by atoms with Gasteiger partial charge in [0.1, 0.15) is 0 Å². The summed E-state index contributed by atoms with van der Waals surface area (Å²) in [5, 5.41) is 2.63. The largest absolute Gasteiger partial charge is 0.347 e. The van der Waals surface area contributed by atoms with Gasteiger partial charge in [-0.1, -0.05) is 0 Å². The summed E-state index contributed by atoms with van der Waals surface area (Å²) in [6.07, 6.45) is 3.98. The topological polar surface area (TPSA) is 52.6 Å². The summed E-state index contributed by atoms with van der Waals surface area (Å²) in [6.45, 7) is 3.89. The first-order valence-corrected chi connectivity index (χ1v) is 6.88. The van der Waals surface area contributed by atoms with E-state index < -0.39 is 0 Å². The molecule has 2 aliphatic heterocycles. The van der Waals surface area contributed by atoms with E-state index in [0.717, 1.165) is 18.9 Å². The van der Waals surface area contributed by atoms with Crippen LogP contribution in [-0.4, -0.2) is 61.4 Å². The molecular formula is C13H23N3O2. The van der Waals surface area contributed by atoms with E-state index in [2.05, 4.69) is 17.3 Å². The smallest absolute Gasteiger partial charge is 0.241 e. The predicted octanol–water partition coefficient (Wildman–Crippen LogP) is 0.0668. The van der Waals surface area contributed by atoms with Crippen LogP contribution in [0.1, 0.15) is 25.7 Å². The summed E-state index contributed by atoms with van der Waals surface area (Å²) in [4.78, 5) is 27.2. The van der Waals surface area contributed by atoms with Gasteiger partial charge in [0.15, 0.2) is 0 Å². The third-order valence-electron chi connectivity index (χ3n) is 4.04. The number of nitrogens with zero attached hydrogens (tertiary/aromatic N) is 2. The maximum Gasteiger partial charge on any atom is 0.241 e. The molecule has 1 N–H and O–H groups in total. The van der Waals surface area contributed by atoms with E-state index in [4.69, 9.17) is 0 Å². The van der Waals surface area contributed by atoms with Gasteiger partial charge >= 0.3 is 0 Å². The van der Waals surface area contributed by atoms with Crippen LogP contribution in [-0.2, 0) is 9.59 Å². The Morgan fingerprint density at radius 1 is 1.22 bits per heavy atom. The normalized spacial score (nSPS) is 23.9. The lowest BCUT2D eigenvalue weighted by Crippen LogP contribution is -2.37. The molecule has 0 atom stereocenters. The number of nitrogens with one attached hydrogen (secondary N) is 1. The van der Waals surface area contributed by atoms with Crippen LogP contribution in [0.15, 0.2) is 0 Å². The average Bonchev–Trinajstić information content (AvgIpc) is 2.52. The number of rotatable bonds is 3. The zero-order chi connectivity index (χ0) is 13.0. The van der Waals surface area contributed by atoms with Gasteiger partial charge in [-0.2, -0.15) is 0 Å². The maximum atomic E-state index is 11.8. The van der Waals surface area contributed by atoms with Gasteiger partial charge in [-0.05, 0) is 45.3 Å².